The highest BCUT2D eigenvalue weighted by Crippen LogP contribution is 2.48. The number of imidazole rings is 1. The molecule has 1 saturated heterocycles. The van der Waals surface area contributed by atoms with Crippen molar-refractivity contribution in [2.45, 2.75) is 89.4 Å². The van der Waals surface area contributed by atoms with Crippen LogP contribution in [0.15, 0.2) is 12.7 Å². The zero-order valence-electron chi connectivity index (χ0n) is 20.5. The summed E-state index contributed by atoms with van der Waals surface area (Å²) in [7, 11) is 2.28. The van der Waals surface area contributed by atoms with Crippen LogP contribution in [0.5, 0.6) is 0 Å². The highest BCUT2D eigenvalue weighted by Gasteiger charge is 2.55. The summed E-state index contributed by atoms with van der Waals surface area (Å²) < 4.78 is 14.9. The average Bonchev–Trinajstić information content (AvgIpc) is 3.40. The summed E-state index contributed by atoms with van der Waals surface area (Å²) in [5.74, 6) is 1.18. The van der Waals surface area contributed by atoms with Gasteiger partial charge in [-0.1, -0.05) is 26.2 Å². The number of fused-ring (bicyclic) bond motifs is 2. The van der Waals surface area contributed by atoms with Crippen LogP contribution in [-0.2, 0) is 19.1 Å². The van der Waals surface area contributed by atoms with Gasteiger partial charge in [0, 0.05) is 18.5 Å². The van der Waals surface area contributed by atoms with Crippen molar-refractivity contribution in [2.75, 3.05) is 19.3 Å². The minimum absolute atomic E-state index is 0.0133. The molecule has 0 radical (unpaired) electrons. The lowest BCUT2D eigenvalue weighted by Gasteiger charge is -2.42. The predicted octanol–water partition coefficient (Wildman–Crippen LogP) is 2.81. The Morgan fingerprint density at radius 2 is 1.88 bits per heavy atom. The van der Waals surface area contributed by atoms with Crippen molar-refractivity contribution in [1.29, 1.82) is 0 Å². The van der Waals surface area contributed by atoms with Crippen LogP contribution in [0, 0.1) is 11.8 Å². The first kappa shape index (κ1) is 24.7. The Balaban J connectivity index is 0.000000868. The van der Waals surface area contributed by atoms with Gasteiger partial charge in [0.05, 0.1) is 18.5 Å². The van der Waals surface area contributed by atoms with Crippen LogP contribution in [0.2, 0.25) is 0 Å². The number of nitrogen functional groups attached to an aromatic ring is 1. The van der Waals surface area contributed by atoms with Crippen molar-refractivity contribution in [3.63, 3.8) is 0 Å². The van der Waals surface area contributed by atoms with Crippen LogP contribution in [-0.4, -0.2) is 68.2 Å². The molecule has 34 heavy (non-hydrogen) atoms. The molecular weight excluding hydrogens is 436 g/mol. The quantitative estimate of drug-likeness (QED) is 0.647. The molecule has 2 aliphatic carbocycles. The van der Waals surface area contributed by atoms with E-state index in [9.17, 15) is 0 Å². The lowest BCUT2D eigenvalue weighted by atomic mass is 9.76. The molecule has 5 rings (SSSR count). The molecule has 3 fully saturated rings. The number of rotatable bonds is 7. The Hall–Kier alpha value is -2.39. The molecule has 0 amide bonds. The van der Waals surface area contributed by atoms with Gasteiger partial charge in [-0.05, 0) is 46.1 Å². The summed E-state index contributed by atoms with van der Waals surface area (Å²) in [6, 6.07) is 0.833. The number of ether oxygens (including phenoxy) is 2. The maximum atomic E-state index is 8.12. The van der Waals surface area contributed by atoms with E-state index in [4.69, 9.17) is 24.8 Å². The average molecular weight is 473 g/mol. The first-order chi connectivity index (χ1) is 16.3. The second-order valence-electron chi connectivity index (χ2n) is 10.4. The molecule has 0 aromatic carbocycles. The minimum atomic E-state index is -0.572. The molecule has 2 N–H and O–H groups in total. The van der Waals surface area contributed by atoms with E-state index < -0.39 is 5.79 Å². The third kappa shape index (κ3) is 4.86. The van der Waals surface area contributed by atoms with E-state index in [1.54, 1.807) is 0 Å². The van der Waals surface area contributed by atoms with E-state index in [0.717, 1.165) is 24.5 Å². The summed E-state index contributed by atoms with van der Waals surface area (Å²) in [6.45, 7) is 7.34. The van der Waals surface area contributed by atoms with Crippen molar-refractivity contribution in [2.24, 2.45) is 11.8 Å². The smallest absolute Gasteiger partial charge is 0.373 e. The van der Waals surface area contributed by atoms with Gasteiger partial charge in [0.1, 0.15) is 17.9 Å². The van der Waals surface area contributed by atoms with Gasteiger partial charge in [0.15, 0.2) is 17.3 Å². The van der Waals surface area contributed by atoms with Gasteiger partial charge in [0.2, 0.25) is 0 Å². The van der Waals surface area contributed by atoms with E-state index in [2.05, 4.69) is 38.4 Å². The molecule has 186 valence electrons. The lowest BCUT2D eigenvalue weighted by molar-refractivity contribution is -0.191. The lowest BCUT2D eigenvalue weighted by Crippen LogP contribution is -2.45. The van der Waals surface area contributed by atoms with Crippen LogP contribution in [0.4, 0.5) is 5.82 Å². The molecule has 0 spiro atoms. The highest BCUT2D eigenvalue weighted by molar-refractivity contribution is 5.81. The molecule has 0 bridgehead atoms. The number of hydrogen-bond donors (Lipinski definition) is 1. The van der Waals surface area contributed by atoms with Crippen LogP contribution in [0.25, 0.3) is 11.2 Å². The topological polar surface area (TPSA) is 125 Å². The molecule has 10 heteroatoms. The molecule has 2 aromatic heterocycles. The summed E-state index contributed by atoms with van der Waals surface area (Å²) >= 11 is 0. The second kappa shape index (κ2) is 10.1. The number of unbranched alkanes of at least 4 members (excludes halogenated alkanes) is 1. The minimum Gasteiger partial charge on any atom is -0.382 e. The third-order valence-electron chi connectivity index (χ3n) is 7.62. The highest BCUT2D eigenvalue weighted by atomic mass is 16.8. The zero-order chi connectivity index (χ0) is 24.5. The molecule has 0 unspecified atom stereocenters. The summed E-state index contributed by atoms with van der Waals surface area (Å²) in [5, 5.41) is 0. The van der Waals surface area contributed by atoms with Gasteiger partial charge >= 0.3 is 6.15 Å². The van der Waals surface area contributed by atoms with E-state index in [0.29, 0.717) is 23.3 Å². The fraction of sp³-hybridized carbons (Fsp3) is 0.750. The fourth-order valence-electron chi connectivity index (χ4n) is 5.93. The molecule has 3 aliphatic rings. The van der Waals surface area contributed by atoms with Crippen molar-refractivity contribution in [3.05, 3.63) is 12.7 Å². The monoisotopic (exact) mass is 472 g/mol. The Morgan fingerprint density at radius 1 is 1.18 bits per heavy atom. The van der Waals surface area contributed by atoms with Gasteiger partial charge in [-0.25, -0.2) is 15.0 Å². The van der Waals surface area contributed by atoms with Crippen molar-refractivity contribution in [1.82, 2.24) is 24.4 Å². The fourth-order valence-corrected chi connectivity index (χ4v) is 5.93. The van der Waals surface area contributed by atoms with Crippen molar-refractivity contribution < 1.29 is 19.1 Å². The largest absolute Gasteiger partial charge is 0.382 e. The Bertz CT molecular complexity index is 1010. The van der Waals surface area contributed by atoms with Crippen LogP contribution in [0.1, 0.15) is 65.3 Å². The molecule has 2 aromatic rings. The first-order valence-corrected chi connectivity index (χ1v) is 12.3. The van der Waals surface area contributed by atoms with Crippen LogP contribution >= 0.6 is 0 Å². The predicted molar refractivity (Wildman–Crippen MR) is 124 cm³/mol. The Labute approximate surface area is 200 Å². The van der Waals surface area contributed by atoms with E-state index in [-0.39, 0.29) is 24.4 Å². The van der Waals surface area contributed by atoms with Gasteiger partial charge in [0.25, 0.3) is 0 Å². The normalized spacial score (nSPS) is 31.6. The molecule has 10 nitrogen and oxygen atoms in total. The van der Waals surface area contributed by atoms with Crippen molar-refractivity contribution in [3.8, 4) is 0 Å². The van der Waals surface area contributed by atoms with E-state index in [1.807, 2.05) is 20.2 Å². The molecule has 1 aliphatic heterocycles. The number of nitrogens with two attached hydrogens (primary N) is 1. The Morgan fingerprint density at radius 3 is 2.59 bits per heavy atom. The number of anilines is 1. The zero-order valence-corrected chi connectivity index (χ0v) is 20.5. The Kier molecular flexibility index (Phi) is 7.33. The second-order valence-corrected chi connectivity index (χ2v) is 10.4. The van der Waals surface area contributed by atoms with Gasteiger partial charge in [-0.2, -0.15) is 9.59 Å². The standard InChI is InChI=1S/C23H36N6O2.CO2/c1-5-6-7-14-8-16(9-14)28(4)11-15-10-17(20-19(15)30-23(2,3)31-20)29-13-27-18-21(24)25-12-26-22(18)29;2-1-3/h12-17,19-20H,5-11H2,1-4H3,(H2,24,25,26);/t14?,15-,16?,17-,19-,20+;/m1./s1. The van der Waals surface area contributed by atoms with Crippen LogP contribution in [0.3, 0.4) is 0 Å². The summed E-state index contributed by atoms with van der Waals surface area (Å²) in [6.07, 6.45) is 11.4. The number of hydrogen-bond acceptors (Lipinski definition) is 9. The molecule has 3 heterocycles. The molecular formula is C24H36N6O4. The third-order valence-corrected chi connectivity index (χ3v) is 7.62. The summed E-state index contributed by atoms with van der Waals surface area (Å²) in [5.41, 5.74) is 7.45. The number of carbonyl (C=O) groups excluding carboxylic acids is 2. The van der Waals surface area contributed by atoms with Gasteiger partial charge in [-0.3, -0.25) is 0 Å². The van der Waals surface area contributed by atoms with Gasteiger partial charge < -0.3 is 24.7 Å². The molecule has 2 saturated carbocycles. The van der Waals surface area contributed by atoms with E-state index in [1.165, 1.54) is 38.4 Å². The van der Waals surface area contributed by atoms with Crippen molar-refractivity contribution >= 4 is 23.1 Å². The number of aromatic nitrogens is 4. The maximum absolute atomic E-state index is 8.12. The van der Waals surface area contributed by atoms with Crippen LogP contribution < -0.4 is 5.73 Å². The number of nitrogens with zero attached hydrogens (tertiary/aromatic N) is 5. The van der Waals surface area contributed by atoms with E-state index >= 15 is 0 Å². The summed E-state index contributed by atoms with van der Waals surface area (Å²) in [4.78, 5) is 31.9. The molecule has 4 atom stereocenters. The first-order valence-electron chi connectivity index (χ1n) is 12.3. The maximum Gasteiger partial charge on any atom is 0.373 e. The SMILES string of the molecule is CCCCC1CC(N(C)C[C@H]2C[C@@H](n3cnc4c(N)ncnc43)[C@@H]3OC(C)(C)O[C@H]23)C1.O=C=O. The van der Waals surface area contributed by atoms with Gasteiger partial charge in [-0.15, -0.1) is 0 Å².